The summed E-state index contributed by atoms with van der Waals surface area (Å²) in [7, 11) is 0. The van der Waals surface area contributed by atoms with E-state index in [2.05, 4.69) is 9.97 Å². The van der Waals surface area contributed by atoms with E-state index in [1.165, 1.54) is 0 Å². The van der Waals surface area contributed by atoms with Gasteiger partial charge in [0.05, 0.1) is 6.61 Å². The lowest BCUT2D eigenvalue weighted by molar-refractivity contribution is 0.0780. The van der Waals surface area contributed by atoms with Gasteiger partial charge in [0.1, 0.15) is 10.5 Å². The van der Waals surface area contributed by atoms with Gasteiger partial charge in [-0.3, -0.25) is 0 Å². The molecular formula is C9H12N2OS. The van der Waals surface area contributed by atoms with Gasteiger partial charge in [0.2, 0.25) is 0 Å². The van der Waals surface area contributed by atoms with Crippen LogP contribution in [0.3, 0.4) is 0 Å². The summed E-state index contributed by atoms with van der Waals surface area (Å²) in [5.41, 5.74) is 0. The molecule has 13 heavy (non-hydrogen) atoms. The summed E-state index contributed by atoms with van der Waals surface area (Å²) in [6.45, 7) is 1.65. The van der Waals surface area contributed by atoms with Crippen LogP contribution in [0, 0.1) is 4.64 Å². The summed E-state index contributed by atoms with van der Waals surface area (Å²) in [4.78, 5) is 7.36. The zero-order chi connectivity index (χ0) is 9.10. The number of hydrogen-bond donors (Lipinski definition) is 1. The third-order valence-electron chi connectivity index (χ3n) is 2.24. The fourth-order valence-corrected chi connectivity index (χ4v) is 1.71. The Kier molecular flexibility index (Phi) is 2.71. The second-order valence-electron chi connectivity index (χ2n) is 3.23. The molecule has 0 amide bonds. The highest BCUT2D eigenvalue weighted by atomic mass is 32.1. The number of ether oxygens (including phenoxy) is 1. The van der Waals surface area contributed by atoms with Crippen LogP contribution in [0.15, 0.2) is 12.3 Å². The fraction of sp³-hybridized carbons (Fsp3) is 0.556. The first-order chi connectivity index (χ1) is 6.36. The maximum Gasteiger partial charge on any atom is 0.112 e. The van der Waals surface area contributed by atoms with Gasteiger partial charge in [0.25, 0.3) is 0 Å². The number of H-pyrrole nitrogens is 1. The van der Waals surface area contributed by atoms with E-state index in [4.69, 9.17) is 17.0 Å². The number of aromatic nitrogens is 2. The molecule has 2 heterocycles. The van der Waals surface area contributed by atoms with Crippen LogP contribution in [0.4, 0.5) is 0 Å². The SMILES string of the molecule is S=c1ccnc(C2CCCOC2)[nH]1. The smallest absolute Gasteiger partial charge is 0.112 e. The molecule has 1 aromatic heterocycles. The van der Waals surface area contributed by atoms with Gasteiger partial charge in [-0.05, 0) is 18.9 Å². The lowest BCUT2D eigenvalue weighted by Gasteiger charge is -2.20. The van der Waals surface area contributed by atoms with Crippen LogP contribution in [0.2, 0.25) is 0 Å². The normalized spacial score (nSPS) is 22.9. The van der Waals surface area contributed by atoms with Gasteiger partial charge in [-0.25, -0.2) is 4.98 Å². The summed E-state index contributed by atoms with van der Waals surface area (Å²) < 4.78 is 6.13. The van der Waals surface area contributed by atoms with E-state index in [-0.39, 0.29) is 0 Å². The zero-order valence-electron chi connectivity index (χ0n) is 7.32. The summed E-state index contributed by atoms with van der Waals surface area (Å²) in [6, 6.07) is 1.79. The lowest BCUT2D eigenvalue weighted by atomic mass is 10.0. The molecule has 4 heteroatoms. The highest BCUT2D eigenvalue weighted by Gasteiger charge is 2.17. The molecule has 0 saturated carbocycles. The zero-order valence-corrected chi connectivity index (χ0v) is 8.14. The molecule has 1 saturated heterocycles. The van der Waals surface area contributed by atoms with Gasteiger partial charge < -0.3 is 9.72 Å². The second kappa shape index (κ2) is 3.98. The summed E-state index contributed by atoms with van der Waals surface area (Å²) in [5, 5.41) is 0. The highest BCUT2D eigenvalue weighted by molar-refractivity contribution is 7.71. The van der Waals surface area contributed by atoms with Crippen molar-refractivity contribution >= 4 is 12.2 Å². The molecule has 0 radical (unpaired) electrons. The van der Waals surface area contributed by atoms with Crippen molar-refractivity contribution < 1.29 is 4.74 Å². The van der Waals surface area contributed by atoms with E-state index in [9.17, 15) is 0 Å². The lowest BCUT2D eigenvalue weighted by Crippen LogP contribution is -2.17. The van der Waals surface area contributed by atoms with Crippen molar-refractivity contribution in [3.05, 3.63) is 22.7 Å². The fourth-order valence-electron chi connectivity index (χ4n) is 1.55. The van der Waals surface area contributed by atoms with Crippen molar-refractivity contribution in [1.82, 2.24) is 9.97 Å². The maximum absolute atomic E-state index is 5.38. The van der Waals surface area contributed by atoms with Crippen molar-refractivity contribution in [3.63, 3.8) is 0 Å². The largest absolute Gasteiger partial charge is 0.381 e. The minimum Gasteiger partial charge on any atom is -0.381 e. The minimum absolute atomic E-state index is 0.400. The molecule has 0 bridgehead atoms. The van der Waals surface area contributed by atoms with Crippen molar-refractivity contribution in [1.29, 1.82) is 0 Å². The molecule has 0 aromatic carbocycles. The third-order valence-corrected chi connectivity index (χ3v) is 2.48. The Morgan fingerprint density at radius 2 is 2.54 bits per heavy atom. The van der Waals surface area contributed by atoms with Gasteiger partial charge in [0, 0.05) is 18.7 Å². The predicted molar refractivity (Wildman–Crippen MR) is 52.2 cm³/mol. The molecule has 1 aliphatic rings. The van der Waals surface area contributed by atoms with Crippen LogP contribution in [-0.2, 0) is 4.74 Å². The number of hydrogen-bond acceptors (Lipinski definition) is 3. The van der Waals surface area contributed by atoms with Crippen LogP contribution in [-0.4, -0.2) is 23.2 Å². The van der Waals surface area contributed by atoms with Crippen LogP contribution in [0.5, 0.6) is 0 Å². The van der Waals surface area contributed by atoms with Gasteiger partial charge >= 0.3 is 0 Å². The van der Waals surface area contributed by atoms with E-state index < -0.39 is 0 Å². The maximum atomic E-state index is 5.38. The molecule has 1 fully saturated rings. The van der Waals surface area contributed by atoms with E-state index in [1.807, 2.05) is 0 Å². The molecule has 1 aliphatic heterocycles. The van der Waals surface area contributed by atoms with Crippen LogP contribution in [0.25, 0.3) is 0 Å². The Morgan fingerprint density at radius 3 is 3.23 bits per heavy atom. The standard InChI is InChI=1S/C9H12N2OS/c13-8-3-4-10-9(11-8)7-2-1-5-12-6-7/h3-4,7H,1-2,5-6H2,(H,10,11,13). The van der Waals surface area contributed by atoms with Crippen molar-refractivity contribution in [2.75, 3.05) is 13.2 Å². The molecule has 2 rings (SSSR count). The molecular weight excluding hydrogens is 184 g/mol. The van der Waals surface area contributed by atoms with Crippen molar-refractivity contribution in [2.24, 2.45) is 0 Å². The Hall–Kier alpha value is -0.740. The van der Waals surface area contributed by atoms with Crippen molar-refractivity contribution in [2.45, 2.75) is 18.8 Å². The second-order valence-corrected chi connectivity index (χ2v) is 3.67. The molecule has 1 atom stereocenters. The van der Waals surface area contributed by atoms with Crippen LogP contribution in [0.1, 0.15) is 24.6 Å². The monoisotopic (exact) mass is 196 g/mol. The molecule has 1 aromatic rings. The molecule has 0 spiro atoms. The number of rotatable bonds is 1. The molecule has 3 nitrogen and oxygen atoms in total. The Bertz CT molecular complexity index is 330. The topological polar surface area (TPSA) is 37.9 Å². The third kappa shape index (κ3) is 2.14. The van der Waals surface area contributed by atoms with Gasteiger partial charge in [-0.2, -0.15) is 0 Å². The summed E-state index contributed by atoms with van der Waals surface area (Å²) in [5.74, 6) is 1.36. The van der Waals surface area contributed by atoms with E-state index in [1.54, 1.807) is 12.3 Å². The average Bonchev–Trinajstić information content (AvgIpc) is 2.19. The highest BCUT2D eigenvalue weighted by Crippen LogP contribution is 2.21. The Balaban J connectivity index is 2.19. The summed E-state index contributed by atoms with van der Waals surface area (Å²) >= 11 is 5.03. The summed E-state index contributed by atoms with van der Waals surface area (Å²) in [6.07, 6.45) is 4.01. The van der Waals surface area contributed by atoms with Gasteiger partial charge in [-0.15, -0.1) is 0 Å². The van der Waals surface area contributed by atoms with Crippen LogP contribution < -0.4 is 0 Å². The van der Waals surface area contributed by atoms with E-state index in [0.29, 0.717) is 5.92 Å². The first kappa shape index (κ1) is 8.84. The molecule has 1 N–H and O–H groups in total. The quantitative estimate of drug-likeness (QED) is 0.698. The minimum atomic E-state index is 0.400. The average molecular weight is 196 g/mol. The van der Waals surface area contributed by atoms with E-state index >= 15 is 0 Å². The molecule has 70 valence electrons. The predicted octanol–water partition coefficient (Wildman–Crippen LogP) is 2.03. The molecule has 1 unspecified atom stereocenters. The Morgan fingerprint density at radius 1 is 1.62 bits per heavy atom. The first-order valence-electron chi connectivity index (χ1n) is 4.49. The Labute approximate surface area is 82.2 Å². The van der Waals surface area contributed by atoms with E-state index in [0.717, 1.165) is 36.5 Å². The first-order valence-corrected chi connectivity index (χ1v) is 4.90. The number of nitrogens with one attached hydrogen (secondary N) is 1. The number of nitrogens with zero attached hydrogens (tertiary/aromatic N) is 1. The van der Waals surface area contributed by atoms with Crippen LogP contribution >= 0.6 is 12.2 Å². The van der Waals surface area contributed by atoms with Gasteiger partial charge in [0.15, 0.2) is 0 Å². The van der Waals surface area contributed by atoms with Crippen molar-refractivity contribution in [3.8, 4) is 0 Å². The van der Waals surface area contributed by atoms with Gasteiger partial charge in [-0.1, -0.05) is 12.2 Å². The number of aromatic amines is 1. The molecule has 0 aliphatic carbocycles.